The van der Waals surface area contributed by atoms with Crippen molar-refractivity contribution >= 4 is 28.4 Å². The number of benzene rings is 1. The Bertz CT molecular complexity index is 854. The highest BCUT2D eigenvalue weighted by Gasteiger charge is 2.31. The Balaban J connectivity index is 1.67. The van der Waals surface area contributed by atoms with Gasteiger partial charge in [0.05, 0.1) is 23.4 Å². The van der Waals surface area contributed by atoms with Gasteiger partial charge in [0.15, 0.2) is 0 Å². The largest absolute Gasteiger partial charge is 0.343 e. The summed E-state index contributed by atoms with van der Waals surface area (Å²) in [6, 6.07) is 8.76. The molecule has 1 aliphatic heterocycles. The molecular formula is C22H31N5O2. The number of carbonyl (C=O) groups excluding carboxylic acids is 2. The third kappa shape index (κ3) is 5.74. The van der Waals surface area contributed by atoms with Gasteiger partial charge in [-0.05, 0) is 56.3 Å². The van der Waals surface area contributed by atoms with Gasteiger partial charge in [0.1, 0.15) is 6.04 Å². The summed E-state index contributed by atoms with van der Waals surface area (Å²) in [5.74, 6) is 0.388. The monoisotopic (exact) mass is 397 g/mol. The molecule has 1 unspecified atom stereocenters. The fourth-order valence-corrected chi connectivity index (χ4v) is 3.60. The van der Waals surface area contributed by atoms with Crippen molar-refractivity contribution in [2.75, 3.05) is 18.4 Å². The van der Waals surface area contributed by atoms with Gasteiger partial charge in [0.2, 0.25) is 11.8 Å². The van der Waals surface area contributed by atoms with Gasteiger partial charge < -0.3 is 21.7 Å². The van der Waals surface area contributed by atoms with Crippen molar-refractivity contribution in [2.45, 2.75) is 45.2 Å². The molecule has 0 radical (unpaired) electrons. The second kappa shape index (κ2) is 9.80. The fraction of sp³-hybridized carbons (Fsp3) is 0.500. The topological polar surface area (TPSA) is 109 Å². The number of aromatic nitrogens is 1. The van der Waals surface area contributed by atoms with E-state index in [2.05, 4.69) is 34.8 Å². The zero-order valence-electron chi connectivity index (χ0n) is 17.2. The van der Waals surface area contributed by atoms with Gasteiger partial charge in [0.25, 0.3) is 0 Å². The quantitative estimate of drug-likeness (QED) is 0.545. The van der Waals surface area contributed by atoms with Crippen LogP contribution in [0.2, 0.25) is 0 Å². The lowest BCUT2D eigenvalue weighted by Crippen LogP contribution is -2.49. The molecule has 2 heterocycles. The molecule has 5 N–H and O–H groups in total. The lowest BCUT2D eigenvalue weighted by Gasteiger charge is -2.21. The number of anilines is 1. The summed E-state index contributed by atoms with van der Waals surface area (Å²) in [7, 11) is 0. The number of pyridine rings is 1. The average Bonchev–Trinajstić information content (AvgIpc) is 3.20. The van der Waals surface area contributed by atoms with Crippen molar-refractivity contribution in [1.82, 2.24) is 15.6 Å². The number of amides is 2. The van der Waals surface area contributed by atoms with Gasteiger partial charge in [-0.15, -0.1) is 0 Å². The molecule has 2 aromatic rings. The van der Waals surface area contributed by atoms with E-state index in [0.717, 1.165) is 23.9 Å². The van der Waals surface area contributed by atoms with Crippen LogP contribution in [0, 0.1) is 11.8 Å². The van der Waals surface area contributed by atoms with Gasteiger partial charge >= 0.3 is 0 Å². The number of hydrogen-bond donors (Lipinski definition) is 4. The number of carbonyl (C=O) groups is 2. The summed E-state index contributed by atoms with van der Waals surface area (Å²) < 4.78 is 0. The van der Waals surface area contributed by atoms with E-state index < -0.39 is 6.04 Å². The molecule has 1 saturated heterocycles. The van der Waals surface area contributed by atoms with E-state index in [4.69, 9.17) is 5.73 Å². The summed E-state index contributed by atoms with van der Waals surface area (Å²) in [6.45, 7) is 5.51. The maximum atomic E-state index is 12.9. The highest BCUT2D eigenvalue weighted by molar-refractivity contribution is 5.98. The number of nitrogens with two attached hydrogens (primary N) is 1. The van der Waals surface area contributed by atoms with Crippen LogP contribution in [0.3, 0.4) is 0 Å². The van der Waals surface area contributed by atoms with Crippen LogP contribution in [-0.4, -0.2) is 42.0 Å². The SMILES string of the molecule is CC(C)CCC(NC(=O)[C@H]1C[C@H](CN)CN1)C(=O)Nc1cnc2ccccc2c1. The second-order valence-electron chi connectivity index (χ2n) is 8.24. The van der Waals surface area contributed by atoms with Crippen LogP contribution < -0.4 is 21.7 Å². The van der Waals surface area contributed by atoms with Crippen LogP contribution in [0.4, 0.5) is 5.69 Å². The molecule has 1 aromatic carbocycles. The Hall–Kier alpha value is -2.51. The molecule has 0 saturated carbocycles. The van der Waals surface area contributed by atoms with E-state index in [1.54, 1.807) is 6.20 Å². The van der Waals surface area contributed by atoms with Crippen LogP contribution in [0.5, 0.6) is 0 Å². The Morgan fingerprint density at radius 3 is 2.79 bits per heavy atom. The number of hydrogen-bond acceptors (Lipinski definition) is 5. The molecule has 156 valence electrons. The number of fused-ring (bicyclic) bond motifs is 1. The smallest absolute Gasteiger partial charge is 0.246 e. The third-order valence-corrected chi connectivity index (χ3v) is 5.40. The molecule has 7 heteroatoms. The minimum Gasteiger partial charge on any atom is -0.343 e. The Kier molecular flexibility index (Phi) is 7.17. The summed E-state index contributed by atoms with van der Waals surface area (Å²) in [4.78, 5) is 30.0. The first-order valence-electron chi connectivity index (χ1n) is 10.4. The lowest BCUT2D eigenvalue weighted by molar-refractivity contribution is -0.127. The first-order chi connectivity index (χ1) is 14.0. The van der Waals surface area contributed by atoms with Crippen molar-refractivity contribution in [3.63, 3.8) is 0 Å². The standard InChI is InChI=1S/C22H31N5O2/c1-14(2)7-8-19(27-22(29)20-9-15(11-23)12-24-20)21(28)26-17-10-16-5-3-4-6-18(16)25-13-17/h3-6,10,13-15,19-20,24H,7-9,11-12,23H2,1-2H3,(H,26,28)(H,27,29)/t15-,19?,20-/m1/s1. The zero-order chi connectivity index (χ0) is 20.8. The number of para-hydroxylation sites is 1. The normalized spacial score (nSPS) is 20.0. The summed E-state index contributed by atoms with van der Waals surface area (Å²) in [5, 5.41) is 10.0. The molecule has 3 atom stereocenters. The summed E-state index contributed by atoms with van der Waals surface area (Å²) in [5.41, 5.74) is 7.21. The molecule has 0 bridgehead atoms. The van der Waals surface area contributed by atoms with Crippen molar-refractivity contribution in [2.24, 2.45) is 17.6 Å². The van der Waals surface area contributed by atoms with Gasteiger partial charge in [-0.2, -0.15) is 0 Å². The molecule has 3 rings (SSSR count). The van der Waals surface area contributed by atoms with E-state index in [0.29, 0.717) is 36.9 Å². The van der Waals surface area contributed by atoms with Crippen molar-refractivity contribution in [3.8, 4) is 0 Å². The minimum atomic E-state index is -0.588. The average molecular weight is 398 g/mol. The van der Waals surface area contributed by atoms with Crippen molar-refractivity contribution in [3.05, 3.63) is 36.5 Å². The number of rotatable bonds is 8. The summed E-state index contributed by atoms with van der Waals surface area (Å²) in [6.07, 6.45) is 3.78. The van der Waals surface area contributed by atoms with E-state index in [1.165, 1.54) is 0 Å². The molecule has 0 aliphatic carbocycles. The van der Waals surface area contributed by atoms with Crippen molar-refractivity contribution < 1.29 is 9.59 Å². The minimum absolute atomic E-state index is 0.138. The van der Waals surface area contributed by atoms with Gasteiger partial charge in [-0.1, -0.05) is 32.0 Å². The predicted molar refractivity (Wildman–Crippen MR) is 115 cm³/mol. The maximum Gasteiger partial charge on any atom is 0.246 e. The second-order valence-corrected chi connectivity index (χ2v) is 8.24. The predicted octanol–water partition coefficient (Wildman–Crippen LogP) is 2.03. The van der Waals surface area contributed by atoms with Gasteiger partial charge in [0, 0.05) is 5.39 Å². The first-order valence-corrected chi connectivity index (χ1v) is 10.4. The molecule has 29 heavy (non-hydrogen) atoms. The fourth-order valence-electron chi connectivity index (χ4n) is 3.60. The summed E-state index contributed by atoms with van der Waals surface area (Å²) >= 11 is 0. The van der Waals surface area contributed by atoms with Crippen molar-refractivity contribution in [1.29, 1.82) is 0 Å². The van der Waals surface area contributed by atoms with E-state index in [9.17, 15) is 9.59 Å². The first kappa shape index (κ1) is 21.2. The Labute approximate surface area is 171 Å². The highest BCUT2D eigenvalue weighted by atomic mass is 16.2. The van der Waals surface area contributed by atoms with Gasteiger partial charge in [-0.25, -0.2) is 0 Å². The van der Waals surface area contributed by atoms with E-state index in [1.807, 2.05) is 30.3 Å². The Morgan fingerprint density at radius 1 is 1.28 bits per heavy atom. The Morgan fingerprint density at radius 2 is 2.07 bits per heavy atom. The van der Waals surface area contributed by atoms with Gasteiger partial charge in [-0.3, -0.25) is 14.6 Å². The van der Waals surface area contributed by atoms with Crippen LogP contribution in [0.1, 0.15) is 33.1 Å². The van der Waals surface area contributed by atoms with E-state index >= 15 is 0 Å². The molecule has 0 spiro atoms. The third-order valence-electron chi connectivity index (χ3n) is 5.40. The van der Waals surface area contributed by atoms with Crippen LogP contribution in [-0.2, 0) is 9.59 Å². The van der Waals surface area contributed by atoms with Crippen LogP contribution in [0.25, 0.3) is 10.9 Å². The van der Waals surface area contributed by atoms with E-state index in [-0.39, 0.29) is 17.9 Å². The van der Waals surface area contributed by atoms with Crippen LogP contribution >= 0.6 is 0 Å². The lowest BCUT2D eigenvalue weighted by atomic mass is 10.0. The maximum absolute atomic E-state index is 12.9. The zero-order valence-corrected chi connectivity index (χ0v) is 17.2. The number of nitrogens with zero attached hydrogens (tertiary/aromatic N) is 1. The highest BCUT2D eigenvalue weighted by Crippen LogP contribution is 2.18. The van der Waals surface area contributed by atoms with Crippen LogP contribution in [0.15, 0.2) is 36.5 Å². The molecule has 1 fully saturated rings. The molecule has 1 aromatic heterocycles. The number of nitrogens with one attached hydrogen (secondary N) is 3. The molecule has 2 amide bonds. The molecule has 1 aliphatic rings. The molecule has 7 nitrogen and oxygen atoms in total. The molecular weight excluding hydrogens is 366 g/mol.